The van der Waals surface area contributed by atoms with Gasteiger partial charge in [-0.05, 0) is 42.3 Å². The third kappa shape index (κ3) is 3.92. The van der Waals surface area contributed by atoms with Crippen molar-refractivity contribution in [3.8, 4) is 11.5 Å². The number of nitrogens with one attached hydrogen (secondary N) is 2. The van der Waals surface area contributed by atoms with Crippen molar-refractivity contribution >= 4 is 22.6 Å². The number of hydrogen-bond acceptors (Lipinski definition) is 4. The lowest BCUT2D eigenvalue weighted by atomic mass is 10.1. The van der Waals surface area contributed by atoms with Crippen molar-refractivity contribution in [1.82, 2.24) is 10.3 Å². The fourth-order valence-corrected chi connectivity index (χ4v) is 2.85. The maximum absolute atomic E-state index is 13.2. The van der Waals surface area contributed by atoms with E-state index in [1.54, 1.807) is 20.3 Å². The molecule has 0 spiro atoms. The molecule has 1 amide bonds. The number of halogens is 1. The Bertz CT molecular complexity index is 997. The average molecular weight is 370 g/mol. The predicted molar refractivity (Wildman–Crippen MR) is 98.8 cm³/mol. The number of ether oxygens (including phenoxy) is 2. The lowest BCUT2D eigenvalue weighted by Crippen LogP contribution is -2.32. The number of aromatic nitrogens is 1. The van der Waals surface area contributed by atoms with Crippen molar-refractivity contribution < 1.29 is 23.5 Å². The lowest BCUT2D eigenvalue weighted by molar-refractivity contribution is -0.116. The van der Waals surface area contributed by atoms with Crippen molar-refractivity contribution in [2.45, 2.75) is 6.42 Å². The first-order valence-electron chi connectivity index (χ1n) is 8.33. The van der Waals surface area contributed by atoms with E-state index in [0.29, 0.717) is 28.8 Å². The Labute approximate surface area is 155 Å². The van der Waals surface area contributed by atoms with Crippen LogP contribution in [0.1, 0.15) is 15.9 Å². The maximum Gasteiger partial charge on any atom is 0.292 e. The highest BCUT2D eigenvalue weighted by Crippen LogP contribution is 2.27. The van der Waals surface area contributed by atoms with Crippen LogP contribution in [0.2, 0.25) is 0 Å². The Morgan fingerprint density at radius 2 is 1.85 bits per heavy atom. The van der Waals surface area contributed by atoms with Crippen LogP contribution in [0.3, 0.4) is 0 Å². The van der Waals surface area contributed by atoms with E-state index in [1.165, 1.54) is 24.4 Å². The summed E-state index contributed by atoms with van der Waals surface area (Å²) in [6.45, 7) is 0.289. The summed E-state index contributed by atoms with van der Waals surface area (Å²) < 4.78 is 23.7. The van der Waals surface area contributed by atoms with E-state index in [1.807, 2.05) is 12.1 Å². The second kappa shape index (κ2) is 7.90. The van der Waals surface area contributed by atoms with Gasteiger partial charge in [-0.15, -0.1) is 0 Å². The highest BCUT2D eigenvalue weighted by atomic mass is 19.1. The molecule has 7 heteroatoms. The number of Topliss-reactive ketones (excluding diaryl/α,β-unsaturated/α-hetero) is 1. The van der Waals surface area contributed by atoms with Crippen LogP contribution < -0.4 is 14.8 Å². The van der Waals surface area contributed by atoms with Gasteiger partial charge in [-0.3, -0.25) is 9.59 Å². The van der Waals surface area contributed by atoms with Gasteiger partial charge in [-0.2, -0.15) is 0 Å². The van der Waals surface area contributed by atoms with E-state index in [9.17, 15) is 14.0 Å². The summed E-state index contributed by atoms with van der Waals surface area (Å²) in [5, 5.41) is 3.12. The molecule has 2 N–H and O–H groups in total. The van der Waals surface area contributed by atoms with Crippen LogP contribution in [0.25, 0.3) is 10.9 Å². The Morgan fingerprint density at radius 3 is 2.59 bits per heavy atom. The van der Waals surface area contributed by atoms with Gasteiger partial charge in [0.05, 0.1) is 19.8 Å². The van der Waals surface area contributed by atoms with E-state index >= 15 is 0 Å². The van der Waals surface area contributed by atoms with Gasteiger partial charge in [0.2, 0.25) is 0 Å². The highest BCUT2D eigenvalue weighted by molar-refractivity contribution is 6.44. The Balaban J connectivity index is 1.63. The summed E-state index contributed by atoms with van der Waals surface area (Å²) >= 11 is 0. The molecule has 3 rings (SSSR count). The second-order valence-corrected chi connectivity index (χ2v) is 5.92. The van der Waals surface area contributed by atoms with E-state index in [2.05, 4.69) is 10.3 Å². The molecule has 6 nitrogen and oxygen atoms in total. The van der Waals surface area contributed by atoms with E-state index in [4.69, 9.17) is 9.47 Å². The van der Waals surface area contributed by atoms with Crippen LogP contribution in [0.15, 0.2) is 42.6 Å². The third-order valence-electron chi connectivity index (χ3n) is 4.24. The van der Waals surface area contributed by atoms with Crippen LogP contribution in [0, 0.1) is 5.82 Å². The first-order valence-corrected chi connectivity index (χ1v) is 8.33. The molecule has 140 valence electrons. The molecule has 0 bridgehead atoms. The average Bonchev–Trinajstić information content (AvgIpc) is 3.09. The molecule has 3 aromatic rings. The van der Waals surface area contributed by atoms with Gasteiger partial charge in [-0.25, -0.2) is 4.39 Å². The van der Waals surface area contributed by atoms with Crippen molar-refractivity contribution in [1.29, 1.82) is 0 Å². The number of H-pyrrole nitrogens is 1. The monoisotopic (exact) mass is 370 g/mol. The molecule has 2 aromatic carbocycles. The fraction of sp³-hybridized carbons (Fsp3) is 0.200. The zero-order valence-electron chi connectivity index (χ0n) is 15.0. The minimum absolute atomic E-state index is 0.216. The van der Waals surface area contributed by atoms with Crippen molar-refractivity contribution in [2.24, 2.45) is 0 Å². The number of benzene rings is 2. The molecule has 0 saturated carbocycles. The summed E-state index contributed by atoms with van der Waals surface area (Å²) in [5.74, 6) is -0.566. The third-order valence-corrected chi connectivity index (χ3v) is 4.24. The first-order chi connectivity index (χ1) is 13.0. The smallest absolute Gasteiger partial charge is 0.292 e. The molecule has 0 aliphatic rings. The summed E-state index contributed by atoms with van der Waals surface area (Å²) in [7, 11) is 3.11. The van der Waals surface area contributed by atoms with Crippen LogP contribution in [-0.2, 0) is 11.2 Å². The summed E-state index contributed by atoms with van der Waals surface area (Å²) in [6.07, 6.45) is 1.94. The number of amides is 1. The number of hydrogen-bond donors (Lipinski definition) is 2. The molecular weight excluding hydrogens is 351 g/mol. The molecule has 1 aromatic heterocycles. The number of carbonyl (C=O) groups excluding carboxylic acids is 2. The van der Waals surface area contributed by atoms with Crippen LogP contribution in [0.4, 0.5) is 4.39 Å². The Hall–Kier alpha value is -3.35. The van der Waals surface area contributed by atoms with Gasteiger partial charge in [0, 0.05) is 23.6 Å². The topological polar surface area (TPSA) is 80.4 Å². The highest BCUT2D eigenvalue weighted by Gasteiger charge is 2.19. The van der Waals surface area contributed by atoms with Gasteiger partial charge in [0.1, 0.15) is 5.82 Å². The largest absolute Gasteiger partial charge is 0.493 e. The molecule has 0 saturated heterocycles. The number of ketones is 1. The Kier molecular flexibility index (Phi) is 5.40. The van der Waals surface area contributed by atoms with Crippen LogP contribution in [0.5, 0.6) is 11.5 Å². The van der Waals surface area contributed by atoms with Gasteiger partial charge in [0.15, 0.2) is 11.5 Å². The standard InChI is InChI=1S/C20H19FN2O4/c1-26-17-6-3-12(9-18(17)27-2)7-8-22-20(25)19(24)15-11-23-16-10-13(21)4-5-14(15)16/h3-6,9-11,23H,7-8H2,1-2H3,(H,22,25). The van der Waals surface area contributed by atoms with Crippen LogP contribution >= 0.6 is 0 Å². The molecule has 27 heavy (non-hydrogen) atoms. The Morgan fingerprint density at radius 1 is 1.07 bits per heavy atom. The minimum Gasteiger partial charge on any atom is -0.493 e. The maximum atomic E-state index is 13.2. The quantitative estimate of drug-likeness (QED) is 0.495. The van der Waals surface area contributed by atoms with Gasteiger partial charge >= 0.3 is 0 Å². The van der Waals surface area contributed by atoms with Crippen LogP contribution in [-0.4, -0.2) is 37.4 Å². The predicted octanol–water partition coefficient (Wildman–Crippen LogP) is 2.87. The number of carbonyl (C=O) groups is 2. The van der Waals surface area contributed by atoms with Gasteiger partial charge in [0.25, 0.3) is 11.7 Å². The lowest BCUT2D eigenvalue weighted by Gasteiger charge is -2.10. The molecule has 0 radical (unpaired) electrons. The summed E-state index contributed by atoms with van der Waals surface area (Å²) in [4.78, 5) is 27.3. The zero-order chi connectivity index (χ0) is 19.4. The molecule has 0 fully saturated rings. The normalized spacial score (nSPS) is 10.6. The first kappa shape index (κ1) is 18.4. The summed E-state index contributed by atoms with van der Waals surface area (Å²) in [6, 6.07) is 9.48. The molecule has 0 aliphatic heterocycles. The minimum atomic E-state index is -0.708. The molecule has 1 heterocycles. The second-order valence-electron chi connectivity index (χ2n) is 5.92. The number of methoxy groups -OCH3 is 2. The number of aromatic amines is 1. The zero-order valence-corrected chi connectivity index (χ0v) is 15.0. The fourth-order valence-electron chi connectivity index (χ4n) is 2.85. The van der Waals surface area contributed by atoms with Crippen molar-refractivity contribution in [3.63, 3.8) is 0 Å². The number of fused-ring (bicyclic) bond motifs is 1. The molecule has 0 atom stereocenters. The molecule has 0 aliphatic carbocycles. The van der Waals surface area contributed by atoms with Crippen molar-refractivity contribution in [3.05, 3.63) is 59.5 Å². The van der Waals surface area contributed by atoms with E-state index in [-0.39, 0.29) is 12.1 Å². The SMILES string of the molecule is COc1ccc(CCNC(=O)C(=O)c2c[nH]c3cc(F)ccc23)cc1OC. The van der Waals surface area contributed by atoms with E-state index < -0.39 is 17.5 Å². The van der Waals surface area contributed by atoms with Crippen molar-refractivity contribution in [2.75, 3.05) is 20.8 Å². The van der Waals surface area contributed by atoms with Gasteiger partial charge < -0.3 is 19.8 Å². The van der Waals surface area contributed by atoms with Gasteiger partial charge in [-0.1, -0.05) is 6.07 Å². The van der Waals surface area contributed by atoms with E-state index in [0.717, 1.165) is 5.56 Å². The number of rotatable bonds is 7. The summed E-state index contributed by atoms with van der Waals surface area (Å²) in [5.41, 5.74) is 1.62. The molecule has 0 unspecified atom stereocenters. The molecular formula is C20H19FN2O4.